The topological polar surface area (TPSA) is 117 Å². The molecule has 3 fully saturated rings. The van der Waals surface area contributed by atoms with Gasteiger partial charge in [-0.2, -0.15) is 0 Å². The van der Waals surface area contributed by atoms with Crippen LogP contribution in [-0.2, 0) is 4.79 Å². The Kier molecular flexibility index (Phi) is 4.56. The number of rotatable bonds is 4. The van der Waals surface area contributed by atoms with E-state index in [2.05, 4.69) is 19.9 Å². The molecule has 0 unspecified atom stereocenters. The van der Waals surface area contributed by atoms with Crippen LogP contribution in [-0.4, -0.2) is 36.7 Å². The number of carboxylic acid groups (broad SMARTS) is 1. The lowest BCUT2D eigenvalue weighted by Crippen LogP contribution is -2.44. The first-order chi connectivity index (χ1) is 16.1. The highest BCUT2D eigenvalue weighted by Gasteiger charge is 2.44. The van der Waals surface area contributed by atoms with Crippen molar-refractivity contribution < 1.29 is 18.7 Å². The molecule has 4 aromatic heterocycles. The van der Waals surface area contributed by atoms with Crippen LogP contribution in [0.1, 0.15) is 25.7 Å². The van der Waals surface area contributed by atoms with Crippen molar-refractivity contribution in [1.82, 2.24) is 19.9 Å². The van der Waals surface area contributed by atoms with E-state index in [0.29, 0.717) is 45.4 Å². The zero-order valence-corrected chi connectivity index (χ0v) is 17.5. The van der Waals surface area contributed by atoms with Gasteiger partial charge in [-0.05, 0) is 55.7 Å². The Morgan fingerprint density at radius 1 is 1.21 bits per heavy atom. The van der Waals surface area contributed by atoms with E-state index in [4.69, 9.17) is 9.41 Å². The van der Waals surface area contributed by atoms with Crippen molar-refractivity contribution >= 4 is 28.5 Å². The highest BCUT2D eigenvalue weighted by molar-refractivity contribution is 6.05. The first-order valence-electron chi connectivity index (χ1n) is 10.9. The van der Waals surface area contributed by atoms with E-state index in [1.54, 1.807) is 30.7 Å². The molecule has 2 bridgehead atoms. The third-order valence-electron chi connectivity index (χ3n) is 6.71. The van der Waals surface area contributed by atoms with Gasteiger partial charge in [-0.3, -0.25) is 4.79 Å². The van der Waals surface area contributed by atoms with Gasteiger partial charge in [0.1, 0.15) is 17.2 Å². The zero-order chi connectivity index (χ0) is 22.5. The fraction of sp³-hybridized carbons (Fsp3) is 0.292. The number of nitrogens with zero attached hydrogens (tertiary/aromatic N) is 4. The number of fused-ring (bicyclic) bond motifs is 4. The average Bonchev–Trinajstić information content (AvgIpc) is 3.49. The number of hydrogen-bond acceptors (Lipinski definition) is 6. The van der Waals surface area contributed by atoms with Crippen LogP contribution in [0.15, 0.2) is 52.3 Å². The van der Waals surface area contributed by atoms with Gasteiger partial charge >= 0.3 is 5.97 Å². The van der Waals surface area contributed by atoms with Crippen molar-refractivity contribution in [2.24, 2.45) is 22.7 Å². The normalized spacial score (nSPS) is 23.4. The van der Waals surface area contributed by atoms with Crippen LogP contribution in [0.2, 0.25) is 0 Å². The number of aliphatic imine (C=N–C) groups is 1. The molecule has 0 spiro atoms. The van der Waals surface area contributed by atoms with Crippen molar-refractivity contribution in [3.05, 3.63) is 48.7 Å². The van der Waals surface area contributed by atoms with Crippen LogP contribution in [0.25, 0.3) is 33.9 Å². The van der Waals surface area contributed by atoms with Crippen LogP contribution < -0.4 is 0 Å². The van der Waals surface area contributed by atoms with E-state index in [1.165, 1.54) is 6.07 Å². The Labute approximate surface area is 187 Å². The summed E-state index contributed by atoms with van der Waals surface area (Å²) in [5, 5.41) is 10.4. The van der Waals surface area contributed by atoms with Crippen molar-refractivity contribution in [3.63, 3.8) is 0 Å². The molecule has 9 heteroatoms. The zero-order valence-electron chi connectivity index (χ0n) is 17.5. The maximum absolute atomic E-state index is 13.9. The quantitative estimate of drug-likeness (QED) is 0.456. The van der Waals surface area contributed by atoms with Gasteiger partial charge in [0.15, 0.2) is 17.4 Å². The van der Waals surface area contributed by atoms with Crippen LogP contribution in [0.5, 0.6) is 0 Å². The van der Waals surface area contributed by atoms with Gasteiger partial charge in [0.25, 0.3) is 0 Å². The number of aliphatic carboxylic acids is 1. The van der Waals surface area contributed by atoms with Crippen LogP contribution in [0, 0.1) is 23.6 Å². The smallest absolute Gasteiger partial charge is 0.312 e. The van der Waals surface area contributed by atoms with Gasteiger partial charge in [-0.25, -0.2) is 24.3 Å². The second-order valence-corrected chi connectivity index (χ2v) is 8.63. The number of pyridine rings is 1. The van der Waals surface area contributed by atoms with Crippen molar-refractivity contribution in [1.29, 1.82) is 0 Å². The molecular weight excluding hydrogens is 425 g/mol. The highest BCUT2D eigenvalue weighted by atomic mass is 19.1. The summed E-state index contributed by atoms with van der Waals surface area (Å²) < 4.78 is 19.4. The van der Waals surface area contributed by atoms with Gasteiger partial charge in [0.2, 0.25) is 0 Å². The molecule has 0 aromatic carbocycles. The van der Waals surface area contributed by atoms with E-state index in [9.17, 15) is 14.3 Å². The highest BCUT2D eigenvalue weighted by Crippen LogP contribution is 2.44. The number of carbonyl (C=O) groups is 1. The minimum atomic E-state index is -0.832. The van der Waals surface area contributed by atoms with Gasteiger partial charge in [-0.1, -0.05) is 0 Å². The molecule has 3 aliphatic carbocycles. The van der Waals surface area contributed by atoms with Crippen molar-refractivity contribution in [3.8, 4) is 22.8 Å². The molecule has 3 saturated carbocycles. The number of furan rings is 1. The third-order valence-corrected chi connectivity index (χ3v) is 6.71. The maximum Gasteiger partial charge on any atom is 0.312 e. The van der Waals surface area contributed by atoms with Crippen LogP contribution in [0.3, 0.4) is 0 Å². The molecule has 2 N–H and O–H groups in total. The Hall–Kier alpha value is -3.88. The van der Waals surface area contributed by atoms with E-state index in [-0.39, 0.29) is 11.8 Å². The van der Waals surface area contributed by atoms with Gasteiger partial charge in [0, 0.05) is 28.9 Å². The van der Waals surface area contributed by atoms with E-state index >= 15 is 0 Å². The Balaban J connectivity index is 1.52. The molecule has 8 nitrogen and oxygen atoms in total. The number of halogens is 1. The molecule has 7 rings (SSSR count). The minimum Gasteiger partial charge on any atom is -0.481 e. The Morgan fingerprint density at radius 2 is 2.06 bits per heavy atom. The monoisotopic (exact) mass is 445 g/mol. The summed E-state index contributed by atoms with van der Waals surface area (Å²) in [6, 6.07) is 6.61. The van der Waals surface area contributed by atoms with Crippen molar-refractivity contribution in [2.75, 3.05) is 0 Å². The molecule has 0 amide bonds. The summed E-state index contributed by atoms with van der Waals surface area (Å²) >= 11 is 0. The average molecular weight is 445 g/mol. The summed E-state index contributed by atoms with van der Waals surface area (Å²) in [5.41, 5.74) is 2.29. The maximum atomic E-state index is 13.9. The lowest BCUT2D eigenvalue weighted by molar-refractivity contribution is -0.142. The van der Waals surface area contributed by atoms with E-state index in [0.717, 1.165) is 31.9 Å². The Bertz CT molecular complexity index is 1390. The molecule has 4 heterocycles. The van der Waals surface area contributed by atoms with E-state index < -0.39 is 17.7 Å². The minimum absolute atomic E-state index is 0.111. The molecule has 1 atom stereocenters. The number of carboxylic acids is 1. The Morgan fingerprint density at radius 3 is 2.82 bits per heavy atom. The molecule has 33 heavy (non-hydrogen) atoms. The first kappa shape index (κ1) is 19.8. The number of aromatic amines is 1. The van der Waals surface area contributed by atoms with E-state index in [1.807, 2.05) is 0 Å². The largest absolute Gasteiger partial charge is 0.481 e. The van der Waals surface area contributed by atoms with Crippen LogP contribution >= 0.6 is 0 Å². The summed E-state index contributed by atoms with van der Waals surface area (Å²) in [7, 11) is 0. The predicted molar refractivity (Wildman–Crippen MR) is 118 cm³/mol. The SMILES string of the molecule is O=C(O)[C@@H]1/C(=N/c2cc(-c3ccco3)nc(-c3c[nH]c4ncc(F)cc34)n2)C2CCC1CC2. The fourth-order valence-corrected chi connectivity index (χ4v) is 5.19. The molecule has 4 aromatic rings. The number of H-pyrrole nitrogens is 1. The molecule has 166 valence electrons. The standard InChI is InChI=1S/C24H20FN5O3/c25-14-8-15-16(11-27-22(15)26-10-14)23-28-17(18-2-1-7-33-18)9-19(30-23)29-21-13-5-3-12(4-6-13)20(21)24(31)32/h1-2,7-13,20H,3-6H2,(H,26,27)(H,31,32)/b29-21+/t12?,13?,20-/m0/s1. The second-order valence-electron chi connectivity index (χ2n) is 8.63. The number of nitrogens with one attached hydrogen (secondary N) is 1. The molecule has 0 aliphatic heterocycles. The van der Waals surface area contributed by atoms with Crippen molar-refractivity contribution in [2.45, 2.75) is 25.7 Å². The summed E-state index contributed by atoms with van der Waals surface area (Å²) in [4.78, 5) is 33.2. The lowest BCUT2D eigenvalue weighted by Gasteiger charge is -2.41. The van der Waals surface area contributed by atoms with Gasteiger partial charge < -0.3 is 14.5 Å². The predicted octanol–water partition coefficient (Wildman–Crippen LogP) is 5.01. The lowest BCUT2D eigenvalue weighted by atomic mass is 9.63. The second kappa shape index (κ2) is 7.61. The summed E-state index contributed by atoms with van der Waals surface area (Å²) in [6.45, 7) is 0. The third kappa shape index (κ3) is 3.40. The number of aromatic nitrogens is 4. The van der Waals surface area contributed by atoms with Crippen LogP contribution in [0.4, 0.5) is 10.2 Å². The first-order valence-corrected chi connectivity index (χ1v) is 10.9. The molecule has 0 radical (unpaired) electrons. The molecule has 3 aliphatic rings. The fourth-order valence-electron chi connectivity index (χ4n) is 5.19. The number of hydrogen-bond donors (Lipinski definition) is 2. The summed E-state index contributed by atoms with van der Waals surface area (Å²) in [5.74, 6) is -0.407. The molecular formula is C24H20FN5O3. The summed E-state index contributed by atoms with van der Waals surface area (Å²) in [6.07, 6.45) is 8.10. The van der Waals surface area contributed by atoms with Gasteiger partial charge in [-0.15, -0.1) is 0 Å². The van der Waals surface area contributed by atoms with Gasteiger partial charge in [0.05, 0.1) is 18.4 Å². The molecule has 0 saturated heterocycles.